The van der Waals surface area contributed by atoms with Crippen molar-refractivity contribution in [3.63, 3.8) is 0 Å². The fourth-order valence-corrected chi connectivity index (χ4v) is 6.51. The van der Waals surface area contributed by atoms with Crippen LogP contribution in [0.5, 0.6) is 5.75 Å². The molecule has 1 N–H and O–H groups in total. The molecule has 0 saturated carbocycles. The van der Waals surface area contributed by atoms with Crippen LogP contribution in [0, 0.1) is 0 Å². The minimum atomic E-state index is -3.79. The van der Waals surface area contributed by atoms with Crippen molar-refractivity contribution in [2.75, 3.05) is 6.54 Å². The van der Waals surface area contributed by atoms with Crippen LogP contribution in [0.4, 0.5) is 0 Å². The molecule has 2 atom stereocenters. The Morgan fingerprint density at radius 3 is 2.53 bits per heavy atom. The topological polar surface area (TPSA) is 75.7 Å². The maximum atomic E-state index is 13.4. The molecule has 0 bridgehead atoms. The van der Waals surface area contributed by atoms with E-state index < -0.39 is 16.1 Å². The van der Waals surface area contributed by atoms with Crippen molar-refractivity contribution in [2.24, 2.45) is 0 Å². The first-order valence-electron chi connectivity index (χ1n) is 11.2. The highest BCUT2D eigenvalue weighted by molar-refractivity contribution is 7.89. The first-order chi connectivity index (χ1) is 15.3. The molecular formula is C24H29ClN2O4S. The van der Waals surface area contributed by atoms with Gasteiger partial charge in [0.25, 0.3) is 0 Å². The van der Waals surface area contributed by atoms with Crippen LogP contribution in [0.15, 0.2) is 53.4 Å². The van der Waals surface area contributed by atoms with Gasteiger partial charge in [0.1, 0.15) is 17.4 Å². The summed E-state index contributed by atoms with van der Waals surface area (Å²) in [5, 5.41) is 3.62. The molecule has 32 heavy (non-hydrogen) atoms. The lowest BCUT2D eigenvalue weighted by atomic mass is 9.83. The second-order valence-corrected chi connectivity index (χ2v) is 10.8. The first kappa shape index (κ1) is 23.1. The van der Waals surface area contributed by atoms with Crippen LogP contribution in [0.25, 0.3) is 0 Å². The highest BCUT2D eigenvalue weighted by atomic mass is 35.5. The van der Waals surface area contributed by atoms with E-state index in [1.165, 1.54) is 16.4 Å². The summed E-state index contributed by atoms with van der Waals surface area (Å²) < 4.78 is 34.1. The van der Waals surface area contributed by atoms with E-state index in [0.717, 1.165) is 24.2 Å². The van der Waals surface area contributed by atoms with Gasteiger partial charge in [-0.25, -0.2) is 8.42 Å². The summed E-state index contributed by atoms with van der Waals surface area (Å²) in [6.07, 6.45) is 3.44. The van der Waals surface area contributed by atoms with Gasteiger partial charge in [-0.1, -0.05) is 43.6 Å². The number of hydrogen-bond donors (Lipinski definition) is 1. The zero-order valence-electron chi connectivity index (χ0n) is 18.4. The fraction of sp³-hybridized carbons (Fsp3) is 0.458. The van der Waals surface area contributed by atoms with Crippen LogP contribution in [-0.2, 0) is 14.8 Å². The minimum Gasteiger partial charge on any atom is -0.487 e. The van der Waals surface area contributed by atoms with Gasteiger partial charge >= 0.3 is 0 Å². The van der Waals surface area contributed by atoms with Crippen LogP contribution in [0.1, 0.15) is 57.6 Å². The molecule has 8 heteroatoms. The number of nitrogens with zero attached hydrogens (tertiary/aromatic N) is 1. The Morgan fingerprint density at radius 2 is 1.84 bits per heavy atom. The van der Waals surface area contributed by atoms with Crippen molar-refractivity contribution >= 4 is 27.5 Å². The van der Waals surface area contributed by atoms with Gasteiger partial charge < -0.3 is 10.1 Å². The molecule has 0 radical (unpaired) electrons. The number of ether oxygens (including phenoxy) is 1. The molecule has 0 aromatic heterocycles. The number of para-hydroxylation sites is 1. The number of nitrogens with one attached hydrogen (secondary N) is 1. The van der Waals surface area contributed by atoms with E-state index in [1.807, 2.05) is 24.3 Å². The third kappa shape index (κ3) is 4.26. The van der Waals surface area contributed by atoms with Gasteiger partial charge in [-0.3, -0.25) is 4.79 Å². The summed E-state index contributed by atoms with van der Waals surface area (Å²) in [7, 11) is -3.79. The molecule has 0 spiro atoms. The van der Waals surface area contributed by atoms with Crippen molar-refractivity contribution < 1.29 is 17.9 Å². The highest BCUT2D eigenvalue weighted by Gasteiger charge is 2.43. The molecular weight excluding hydrogens is 448 g/mol. The molecule has 6 nitrogen and oxygen atoms in total. The predicted molar refractivity (Wildman–Crippen MR) is 124 cm³/mol. The van der Waals surface area contributed by atoms with E-state index in [0.29, 0.717) is 30.8 Å². The van der Waals surface area contributed by atoms with E-state index in [4.69, 9.17) is 16.3 Å². The Hall–Kier alpha value is -2.09. The van der Waals surface area contributed by atoms with Crippen molar-refractivity contribution in [1.29, 1.82) is 0 Å². The molecule has 0 aliphatic carbocycles. The third-order valence-corrected chi connectivity index (χ3v) is 8.90. The lowest BCUT2D eigenvalue weighted by molar-refractivity contribution is -0.125. The molecule has 1 fully saturated rings. The summed E-state index contributed by atoms with van der Waals surface area (Å²) in [6, 6.07) is 12.9. The van der Waals surface area contributed by atoms with E-state index in [9.17, 15) is 13.2 Å². The zero-order valence-corrected chi connectivity index (χ0v) is 20.0. The van der Waals surface area contributed by atoms with Gasteiger partial charge in [-0.2, -0.15) is 4.31 Å². The predicted octanol–water partition coefficient (Wildman–Crippen LogP) is 4.69. The summed E-state index contributed by atoms with van der Waals surface area (Å²) in [5.74, 6) is 0.521. The van der Waals surface area contributed by atoms with Gasteiger partial charge in [-0.05, 0) is 56.0 Å². The maximum absolute atomic E-state index is 13.4. The molecule has 2 aromatic rings. The number of fused-ring (bicyclic) bond motifs is 1. The maximum Gasteiger partial charge on any atom is 0.243 e. The number of halogens is 1. The second kappa shape index (κ2) is 9.04. The Balaban J connectivity index is 1.58. The SMILES string of the molecule is CCC1(CC)C[C@H](NC(=O)[C@H]2CCCN2S(=O)(=O)c2ccc(Cl)cc2)c2ccccc2O1. The lowest BCUT2D eigenvalue weighted by Gasteiger charge is -2.42. The molecule has 2 aliphatic rings. The zero-order chi connectivity index (χ0) is 22.9. The number of sulfonamides is 1. The Kier molecular flexibility index (Phi) is 6.52. The smallest absolute Gasteiger partial charge is 0.243 e. The van der Waals surface area contributed by atoms with Crippen LogP contribution in [0.3, 0.4) is 0 Å². The van der Waals surface area contributed by atoms with E-state index in [2.05, 4.69) is 19.2 Å². The number of rotatable bonds is 6. The molecule has 1 amide bonds. The Labute approximate surface area is 195 Å². The van der Waals surface area contributed by atoms with Gasteiger partial charge in [0.15, 0.2) is 0 Å². The monoisotopic (exact) mass is 476 g/mol. The van der Waals surface area contributed by atoms with Crippen LogP contribution in [-0.4, -0.2) is 36.8 Å². The van der Waals surface area contributed by atoms with Crippen LogP contribution < -0.4 is 10.1 Å². The number of amides is 1. The van der Waals surface area contributed by atoms with Crippen molar-refractivity contribution in [2.45, 2.75) is 68.5 Å². The first-order valence-corrected chi connectivity index (χ1v) is 13.0. The second-order valence-electron chi connectivity index (χ2n) is 8.52. The molecule has 4 rings (SSSR count). The number of benzene rings is 2. The van der Waals surface area contributed by atoms with Crippen molar-refractivity contribution in [1.82, 2.24) is 9.62 Å². The third-order valence-electron chi connectivity index (χ3n) is 6.73. The standard InChI is InChI=1S/C24H29ClN2O4S/c1-3-24(4-2)16-20(19-8-5-6-10-22(19)31-24)26-23(28)21-9-7-15-27(21)32(29,30)18-13-11-17(25)12-14-18/h5-6,8,10-14,20-21H,3-4,7,9,15-16H2,1-2H3,(H,26,28)/t20-,21+/m0/s1. The summed E-state index contributed by atoms with van der Waals surface area (Å²) in [6.45, 7) is 4.50. The molecule has 2 heterocycles. The molecule has 172 valence electrons. The van der Waals surface area contributed by atoms with E-state index in [1.54, 1.807) is 12.1 Å². The highest BCUT2D eigenvalue weighted by Crippen LogP contribution is 2.43. The van der Waals surface area contributed by atoms with Crippen molar-refractivity contribution in [3.05, 3.63) is 59.1 Å². The molecule has 2 aliphatic heterocycles. The Bertz CT molecular complexity index is 1080. The van der Waals surface area contributed by atoms with Gasteiger partial charge in [0.05, 0.1) is 10.9 Å². The summed E-state index contributed by atoms with van der Waals surface area (Å²) >= 11 is 5.91. The molecule has 0 unspecified atom stereocenters. The molecule has 1 saturated heterocycles. The van der Waals surface area contributed by atoms with Crippen LogP contribution >= 0.6 is 11.6 Å². The largest absolute Gasteiger partial charge is 0.487 e. The van der Waals surface area contributed by atoms with Gasteiger partial charge in [0.2, 0.25) is 15.9 Å². The minimum absolute atomic E-state index is 0.147. The van der Waals surface area contributed by atoms with Crippen molar-refractivity contribution in [3.8, 4) is 5.75 Å². The molecule has 2 aromatic carbocycles. The summed E-state index contributed by atoms with van der Waals surface area (Å²) in [4.78, 5) is 13.5. The average molecular weight is 477 g/mol. The summed E-state index contributed by atoms with van der Waals surface area (Å²) in [5.41, 5.74) is 0.584. The fourth-order valence-electron chi connectivity index (χ4n) is 4.73. The average Bonchev–Trinajstić information content (AvgIpc) is 3.30. The quantitative estimate of drug-likeness (QED) is 0.656. The van der Waals surface area contributed by atoms with E-state index in [-0.39, 0.29) is 22.4 Å². The Morgan fingerprint density at radius 1 is 1.16 bits per heavy atom. The number of hydrogen-bond acceptors (Lipinski definition) is 4. The van der Waals surface area contributed by atoms with E-state index >= 15 is 0 Å². The number of carbonyl (C=O) groups excluding carboxylic acids is 1. The number of carbonyl (C=O) groups is 1. The van der Waals surface area contributed by atoms with Gasteiger partial charge in [0, 0.05) is 23.6 Å². The lowest BCUT2D eigenvalue weighted by Crippen LogP contribution is -2.50. The van der Waals surface area contributed by atoms with Crippen LogP contribution in [0.2, 0.25) is 5.02 Å². The van der Waals surface area contributed by atoms with Gasteiger partial charge in [-0.15, -0.1) is 0 Å². The normalized spacial score (nSPS) is 22.7.